The Labute approximate surface area is 269 Å². The summed E-state index contributed by atoms with van der Waals surface area (Å²) < 4.78 is 29.0. The van der Waals surface area contributed by atoms with E-state index in [9.17, 15) is 18.0 Å². The largest absolute Gasteiger partial charge is 0.354 e. The van der Waals surface area contributed by atoms with E-state index in [0.29, 0.717) is 16.6 Å². The minimum Gasteiger partial charge on any atom is -0.354 e. The molecular weight excluding hydrogens is 617 g/mol. The van der Waals surface area contributed by atoms with Crippen LogP contribution in [0.3, 0.4) is 0 Å². The first-order valence-electron chi connectivity index (χ1n) is 14.2. The Bertz CT molecular complexity index is 1630. The molecule has 1 atom stereocenters. The SMILES string of the molecule is CC(C)CNC(=O)C(Cc1ccccc1)N(Cc1ccc(Cl)cc1)C(=O)CN(c1ccc(Cl)cc1)S(=O)(=O)c1ccccc1. The molecule has 0 saturated carbocycles. The molecule has 10 heteroatoms. The molecule has 0 aliphatic heterocycles. The summed E-state index contributed by atoms with van der Waals surface area (Å²) in [6.07, 6.45) is 0.233. The van der Waals surface area contributed by atoms with Crippen molar-refractivity contribution in [2.24, 2.45) is 5.92 Å². The molecule has 0 radical (unpaired) electrons. The molecule has 1 N–H and O–H groups in total. The van der Waals surface area contributed by atoms with Crippen molar-refractivity contribution in [1.82, 2.24) is 10.2 Å². The Morgan fingerprint density at radius 3 is 1.86 bits per heavy atom. The van der Waals surface area contributed by atoms with Crippen LogP contribution >= 0.6 is 23.2 Å². The van der Waals surface area contributed by atoms with Gasteiger partial charge in [-0.25, -0.2) is 8.42 Å². The predicted octanol–water partition coefficient (Wildman–Crippen LogP) is 6.60. The summed E-state index contributed by atoms with van der Waals surface area (Å²) in [5, 5.41) is 3.93. The summed E-state index contributed by atoms with van der Waals surface area (Å²) in [6, 6.07) is 29.6. The Morgan fingerprint density at radius 1 is 0.750 bits per heavy atom. The van der Waals surface area contributed by atoms with E-state index in [-0.39, 0.29) is 35.4 Å². The standard InChI is InChI=1S/C34H35Cl2N3O4S/c1-25(2)22-37-34(41)32(21-26-9-5-3-6-10-26)38(23-27-13-15-28(35)16-14-27)33(40)24-39(30-19-17-29(36)18-20-30)44(42,43)31-11-7-4-8-12-31/h3-20,25,32H,21-24H2,1-2H3,(H,37,41). The van der Waals surface area contributed by atoms with Crippen molar-refractivity contribution in [3.8, 4) is 0 Å². The fourth-order valence-corrected chi connectivity index (χ4v) is 6.31. The predicted molar refractivity (Wildman–Crippen MR) is 176 cm³/mol. The van der Waals surface area contributed by atoms with Crippen LogP contribution < -0.4 is 9.62 Å². The number of carbonyl (C=O) groups is 2. The number of carbonyl (C=O) groups excluding carboxylic acids is 2. The molecule has 0 aromatic heterocycles. The van der Waals surface area contributed by atoms with Gasteiger partial charge in [-0.2, -0.15) is 0 Å². The van der Waals surface area contributed by atoms with Gasteiger partial charge in [0.2, 0.25) is 11.8 Å². The third-order valence-corrected chi connectivity index (χ3v) is 9.24. The number of rotatable bonds is 13. The Morgan fingerprint density at radius 2 is 1.30 bits per heavy atom. The normalized spacial score (nSPS) is 12.0. The monoisotopic (exact) mass is 651 g/mol. The number of amides is 2. The number of nitrogens with zero attached hydrogens (tertiary/aromatic N) is 2. The van der Waals surface area contributed by atoms with Gasteiger partial charge >= 0.3 is 0 Å². The zero-order chi connectivity index (χ0) is 31.7. The molecule has 4 aromatic rings. The van der Waals surface area contributed by atoms with Crippen molar-refractivity contribution in [2.75, 3.05) is 17.4 Å². The first-order valence-corrected chi connectivity index (χ1v) is 16.4. The van der Waals surface area contributed by atoms with Gasteiger partial charge in [-0.05, 0) is 65.6 Å². The number of sulfonamides is 1. The molecular formula is C34H35Cl2N3O4S. The molecule has 230 valence electrons. The third-order valence-electron chi connectivity index (χ3n) is 6.95. The van der Waals surface area contributed by atoms with Crippen molar-refractivity contribution in [1.29, 1.82) is 0 Å². The summed E-state index contributed by atoms with van der Waals surface area (Å²) in [7, 11) is -4.18. The Kier molecular flexibility index (Phi) is 11.4. The Hall–Kier alpha value is -3.85. The van der Waals surface area contributed by atoms with Crippen LogP contribution in [0.2, 0.25) is 10.0 Å². The highest BCUT2D eigenvalue weighted by Crippen LogP contribution is 2.26. The van der Waals surface area contributed by atoms with Gasteiger partial charge in [0.15, 0.2) is 0 Å². The summed E-state index contributed by atoms with van der Waals surface area (Å²) in [6.45, 7) is 3.91. The molecule has 4 rings (SSSR count). The van der Waals surface area contributed by atoms with Crippen LogP contribution in [0.15, 0.2) is 114 Å². The highest BCUT2D eigenvalue weighted by molar-refractivity contribution is 7.92. The van der Waals surface area contributed by atoms with Crippen molar-refractivity contribution in [3.05, 3.63) is 130 Å². The van der Waals surface area contributed by atoms with Crippen molar-refractivity contribution in [2.45, 2.75) is 37.8 Å². The lowest BCUT2D eigenvalue weighted by atomic mass is 10.0. The second-order valence-corrected chi connectivity index (χ2v) is 13.5. The van der Waals surface area contributed by atoms with Gasteiger partial charge in [-0.15, -0.1) is 0 Å². The van der Waals surface area contributed by atoms with Crippen LogP contribution in [-0.4, -0.2) is 44.3 Å². The fraction of sp³-hybridized carbons (Fsp3) is 0.235. The van der Waals surface area contributed by atoms with E-state index in [1.807, 2.05) is 44.2 Å². The summed E-state index contributed by atoms with van der Waals surface area (Å²) in [4.78, 5) is 29.7. The zero-order valence-corrected chi connectivity index (χ0v) is 26.9. The molecule has 44 heavy (non-hydrogen) atoms. The smallest absolute Gasteiger partial charge is 0.264 e. The van der Waals surface area contributed by atoms with Gasteiger partial charge in [-0.1, -0.05) is 97.7 Å². The Balaban J connectivity index is 1.78. The van der Waals surface area contributed by atoms with Gasteiger partial charge in [0.25, 0.3) is 10.0 Å². The van der Waals surface area contributed by atoms with Crippen LogP contribution in [0, 0.1) is 5.92 Å². The first-order chi connectivity index (χ1) is 21.0. The topological polar surface area (TPSA) is 86.8 Å². The maximum atomic E-state index is 14.4. The van der Waals surface area contributed by atoms with E-state index in [1.54, 1.807) is 66.7 Å². The lowest BCUT2D eigenvalue weighted by Gasteiger charge is -2.34. The molecule has 1 unspecified atom stereocenters. The fourth-order valence-electron chi connectivity index (χ4n) is 4.62. The van der Waals surface area contributed by atoms with Gasteiger partial charge in [-0.3, -0.25) is 13.9 Å². The van der Waals surface area contributed by atoms with E-state index in [2.05, 4.69) is 5.32 Å². The second kappa shape index (κ2) is 15.2. The first kappa shape index (κ1) is 33.1. The van der Waals surface area contributed by atoms with E-state index >= 15 is 0 Å². The molecule has 0 spiro atoms. The van der Waals surface area contributed by atoms with Gasteiger partial charge < -0.3 is 10.2 Å². The number of halogens is 2. The quantitative estimate of drug-likeness (QED) is 0.176. The van der Waals surface area contributed by atoms with Gasteiger partial charge in [0.1, 0.15) is 12.6 Å². The lowest BCUT2D eigenvalue weighted by Crippen LogP contribution is -2.53. The number of benzene rings is 4. The second-order valence-electron chi connectivity index (χ2n) is 10.8. The van der Waals surface area contributed by atoms with Crippen molar-refractivity contribution < 1.29 is 18.0 Å². The molecule has 0 fully saturated rings. The highest BCUT2D eigenvalue weighted by atomic mass is 35.5. The maximum absolute atomic E-state index is 14.4. The molecule has 0 aliphatic carbocycles. The molecule has 7 nitrogen and oxygen atoms in total. The van der Waals surface area contributed by atoms with Crippen molar-refractivity contribution >= 4 is 50.7 Å². The van der Waals surface area contributed by atoms with Gasteiger partial charge in [0, 0.05) is 29.6 Å². The van der Waals surface area contributed by atoms with Crippen LogP contribution in [0.1, 0.15) is 25.0 Å². The van der Waals surface area contributed by atoms with E-state index in [1.165, 1.54) is 17.0 Å². The molecule has 0 heterocycles. The average molecular weight is 653 g/mol. The molecule has 0 saturated heterocycles. The minimum atomic E-state index is -4.18. The molecule has 4 aromatic carbocycles. The third kappa shape index (κ3) is 8.85. The van der Waals surface area contributed by atoms with Crippen LogP contribution in [0.5, 0.6) is 0 Å². The maximum Gasteiger partial charge on any atom is 0.264 e. The molecule has 2 amide bonds. The summed E-state index contributed by atoms with van der Waals surface area (Å²) in [5.74, 6) is -0.683. The lowest BCUT2D eigenvalue weighted by molar-refractivity contribution is -0.140. The molecule has 0 aliphatic rings. The van der Waals surface area contributed by atoms with E-state index in [4.69, 9.17) is 23.2 Å². The minimum absolute atomic E-state index is 0.0301. The number of nitrogens with one attached hydrogen (secondary N) is 1. The van der Waals surface area contributed by atoms with Crippen LogP contribution in [-0.2, 0) is 32.6 Å². The zero-order valence-electron chi connectivity index (χ0n) is 24.6. The van der Waals surface area contributed by atoms with Crippen molar-refractivity contribution in [3.63, 3.8) is 0 Å². The highest BCUT2D eigenvalue weighted by Gasteiger charge is 2.34. The number of anilines is 1. The van der Waals surface area contributed by atoms with Gasteiger partial charge in [0.05, 0.1) is 10.6 Å². The number of hydrogen-bond acceptors (Lipinski definition) is 4. The van der Waals surface area contributed by atoms with E-state index < -0.39 is 28.5 Å². The number of hydrogen-bond donors (Lipinski definition) is 1. The summed E-state index contributed by atoms with van der Waals surface area (Å²) in [5.41, 5.74) is 1.86. The van der Waals surface area contributed by atoms with E-state index in [0.717, 1.165) is 15.4 Å². The van der Waals surface area contributed by atoms with Crippen LogP contribution in [0.25, 0.3) is 0 Å². The van der Waals surface area contributed by atoms with Crippen LogP contribution in [0.4, 0.5) is 5.69 Å². The summed E-state index contributed by atoms with van der Waals surface area (Å²) >= 11 is 12.2. The molecule has 0 bridgehead atoms. The average Bonchev–Trinajstić information content (AvgIpc) is 3.02.